The minimum Gasteiger partial charge on any atom is -0.507 e. The molecule has 11 nitrogen and oxygen atoms in total. The van der Waals surface area contributed by atoms with Crippen LogP contribution in [0.4, 0.5) is 17.1 Å². The molecular weight excluding hydrogens is 855 g/mol. The van der Waals surface area contributed by atoms with Gasteiger partial charge in [0.15, 0.2) is 6.54 Å². The molecule has 0 saturated carbocycles. The smallest absolute Gasteiger partial charge is 0.228 e. The van der Waals surface area contributed by atoms with Crippen LogP contribution in [0.3, 0.4) is 0 Å². The Morgan fingerprint density at radius 2 is 1.31 bits per heavy atom. The minimum absolute atomic E-state index is 0.0472. The van der Waals surface area contributed by atoms with Crippen molar-refractivity contribution in [3.8, 4) is 17.2 Å². The monoisotopic (exact) mass is 919 g/mol. The highest BCUT2D eigenvalue weighted by atomic mass is 35.5. The Morgan fingerprint density at radius 1 is 0.688 bits per heavy atom. The Balaban J connectivity index is 1.41. The number of rotatable bonds is 26. The topological polar surface area (TPSA) is 130 Å². The summed E-state index contributed by atoms with van der Waals surface area (Å²) in [6.45, 7) is 17.5. The van der Waals surface area contributed by atoms with E-state index in [-0.39, 0.29) is 43.8 Å². The van der Waals surface area contributed by atoms with Gasteiger partial charge in [-0.25, -0.2) is 0 Å². The lowest BCUT2D eigenvalue weighted by Gasteiger charge is -2.28. The first kappa shape index (κ1) is 50.2. The molecule has 0 radical (unpaired) electrons. The van der Waals surface area contributed by atoms with Crippen LogP contribution < -0.4 is 14.4 Å². The summed E-state index contributed by atoms with van der Waals surface area (Å²) in [6, 6.07) is 18.1. The van der Waals surface area contributed by atoms with Crippen LogP contribution in [-0.2, 0) is 19.0 Å². The lowest BCUT2D eigenvalue weighted by Crippen LogP contribution is -2.26. The van der Waals surface area contributed by atoms with Gasteiger partial charge in [0.1, 0.15) is 40.4 Å². The van der Waals surface area contributed by atoms with E-state index in [0.29, 0.717) is 89.2 Å². The number of aromatic hydroxyl groups is 1. The quantitative estimate of drug-likeness (QED) is 0.0406. The lowest BCUT2D eigenvalue weighted by molar-refractivity contribution is -0.443. The number of ether oxygens (including phenoxy) is 5. The zero-order valence-electron chi connectivity index (χ0n) is 38.1. The summed E-state index contributed by atoms with van der Waals surface area (Å²) < 4.78 is 31.2. The molecule has 13 heteroatoms. The van der Waals surface area contributed by atoms with Crippen LogP contribution in [-0.4, -0.2) is 97.3 Å². The molecule has 5 rings (SSSR count). The average molecular weight is 921 g/mol. The van der Waals surface area contributed by atoms with E-state index in [1.165, 1.54) is 37.1 Å². The van der Waals surface area contributed by atoms with Crippen LogP contribution in [0.15, 0.2) is 101 Å². The molecule has 346 valence electrons. The third-order valence-electron chi connectivity index (χ3n) is 10.4. The number of ketones is 1. The van der Waals surface area contributed by atoms with Crippen molar-refractivity contribution in [3.05, 3.63) is 111 Å². The van der Waals surface area contributed by atoms with E-state index >= 15 is 0 Å². The number of aliphatic hydroxyl groups excluding tert-OH is 2. The molecule has 0 amide bonds. The number of halogens is 2. The molecule has 0 unspecified atom stereocenters. The van der Waals surface area contributed by atoms with Crippen molar-refractivity contribution in [3.63, 3.8) is 0 Å². The van der Waals surface area contributed by atoms with Gasteiger partial charge in [0.25, 0.3) is 0 Å². The van der Waals surface area contributed by atoms with Crippen molar-refractivity contribution < 1.29 is 48.4 Å². The number of hydrogen-bond acceptors (Lipinski definition) is 10. The molecule has 3 N–H and O–H groups in total. The molecule has 2 aliphatic rings. The molecule has 0 aliphatic heterocycles. The van der Waals surface area contributed by atoms with Crippen LogP contribution in [0.1, 0.15) is 79.2 Å². The first-order valence-electron chi connectivity index (χ1n) is 22.5. The molecule has 3 aromatic rings. The molecular formula is C51H65Cl2N2O9+. The zero-order valence-corrected chi connectivity index (χ0v) is 39.6. The number of carbonyl (C=O) groups excluding carboxylic acids is 1. The van der Waals surface area contributed by atoms with Crippen molar-refractivity contribution in [1.29, 1.82) is 0 Å². The maximum absolute atomic E-state index is 13.9. The van der Waals surface area contributed by atoms with Crippen LogP contribution in [0.25, 0.3) is 5.57 Å². The van der Waals surface area contributed by atoms with E-state index < -0.39 is 11.5 Å². The third kappa shape index (κ3) is 13.6. The second kappa shape index (κ2) is 25.1. The number of Topliss-reactive ketones (excluding diaryl/α,β-unsaturated/α-hetero) is 1. The van der Waals surface area contributed by atoms with Crippen molar-refractivity contribution in [1.82, 2.24) is 0 Å². The van der Waals surface area contributed by atoms with Gasteiger partial charge >= 0.3 is 0 Å². The fourth-order valence-electron chi connectivity index (χ4n) is 7.08. The maximum Gasteiger partial charge on any atom is 0.228 e. The van der Waals surface area contributed by atoms with Gasteiger partial charge in [-0.3, -0.25) is 4.79 Å². The number of phenols is 1. The number of anilines is 2. The van der Waals surface area contributed by atoms with Crippen molar-refractivity contribution in [2.75, 3.05) is 70.8 Å². The SMILES string of the molecule is CCCCCCOCCOCC[N+](=C1C=C(O)C(=C2C(=O)C(c3cc(Cl)c(N(CCOCCC)c4ccc(OCC(C)C)cc4)cc3O)=C2O)C=C1Cl)c1ccc(OCC(C)C)cc1. The molecule has 0 saturated heterocycles. The Hall–Kier alpha value is -4.78. The summed E-state index contributed by atoms with van der Waals surface area (Å²) >= 11 is 13.9. The standard InChI is InChI=1S/C51H64Cl2N2O9/c1-7-9-10-11-23-61-26-27-62-25-21-55(37-14-18-39(19-15-37)64-33-35(5)6)45-31-47(57)41(29-43(45)53)49-50(58)48(51(49)59)40-28-42(52)44(30-46(40)56)54(20-24-60-22-8-2)36-12-16-38(17-13-36)63-32-34(3)4/h12-19,28-31,34-35H,7-11,20-27,32-33H2,1-6H3,(H2,56,57,58,59)/p+1. The van der Waals surface area contributed by atoms with E-state index in [4.69, 9.17) is 46.9 Å². The maximum atomic E-state index is 13.9. The highest BCUT2D eigenvalue weighted by molar-refractivity contribution is 6.46. The Labute approximate surface area is 388 Å². The highest BCUT2D eigenvalue weighted by Crippen LogP contribution is 2.46. The molecule has 3 aromatic carbocycles. The molecule has 0 heterocycles. The second-order valence-corrected chi connectivity index (χ2v) is 17.5. The number of hydrogen-bond donors (Lipinski definition) is 3. The van der Waals surface area contributed by atoms with Crippen molar-refractivity contribution in [2.45, 2.75) is 73.6 Å². The Bertz CT molecular complexity index is 2190. The summed E-state index contributed by atoms with van der Waals surface area (Å²) in [5.41, 5.74) is 2.34. The summed E-state index contributed by atoms with van der Waals surface area (Å²) in [4.78, 5) is 15.8. The lowest BCUT2D eigenvalue weighted by atomic mass is 9.79. The normalized spacial score (nSPS) is 16.0. The van der Waals surface area contributed by atoms with Gasteiger partial charge in [-0.2, -0.15) is 4.58 Å². The number of aliphatic hydroxyl groups is 2. The first-order chi connectivity index (χ1) is 30.8. The molecule has 0 atom stereocenters. The van der Waals surface area contributed by atoms with Crippen molar-refractivity contribution >= 4 is 57.3 Å². The number of unbranched alkanes of at least 4 members (excludes halogenated alkanes) is 3. The first-order valence-corrected chi connectivity index (χ1v) is 23.2. The van der Waals surface area contributed by atoms with E-state index in [1.807, 2.05) is 64.9 Å². The van der Waals surface area contributed by atoms with E-state index in [1.54, 1.807) is 0 Å². The van der Waals surface area contributed by atoms with E-state index in [0.717, 1.165) is 42.1 Å². The largest absolute Gasteiger partial charge is 0.507 e. The molecule has 0 spiro atoms. The number of nitrogens with zero attached hydrogens (tertiary/aromatic N) is 2. The van der Waals surface area contributed by atoms with Crippen LogP contribution in [0, 0.1) is 11.8 Å². The predicted molar refractivity (Wildman–Crippen MR) is 257 cm³/mol. The summed E-state index contributed by atoms with van der Waals surface area (Å²) in [5.74, 6) is 0.665. The Kier molecular flexibility index (Phi) is 19.7. The summed E-state index contributed by atoms with van der Waals surface area (Å²) in [6.07, 6.45) is 8.35. The molecule has 2 aliphatic carbocycles. The van der Waals surface area contributed by atoms with Crippen LogP contribution in [0.5, 0.6) is 17.2 Å². The minimum atomic E-state index is -0.590. The van der Waals surface area contributed by atoms with Crippen molar-refractivity contribution in [2.24, 2.45) is 11.8 Å². The van der Waals surface area contributed by atoms with Gasteiger partial charge in [-0.15, -0.1) is 0 Å². The molecule has 0 fully saturated rings. The highest BCUT2D eigenvalue weighted by Gasteiger charge is 2.41. The van der Waals surface area contributed by atoms with Gasteiger partial charge in [-0.05, 0) is 73.2 Å². The Morgan fingerprint density at radius 3 is 1.92 bits per heavy atom. The van der Waals surface area contributed by atoms with Crippen LogP contribution in [0.2, 0.25) is 5.02 Å². The number of phenolic OH excluding ortho intramolecular Hbond substituents is 1. The van der Waals surface area contributed by atoms with Gasteiger partial charge < -0.3 is 43.9 Å². The number of benzene rings is 3. The fourth-order valence-corrected chi connectivity index (χ4v) is 7.61. The average Bonchev–Trinajstić information content (AvgIpc) is 3.27. The van der Waals surface area contributed by atoms with Gasteiger partial charge in [-0.1, -0.05) is 84.0 Å². The summed E-state index contributed by atoms with van der Waals surface area (Å²) in [7, 11) is 0. The van der Waals surface area contributed by atoms with Gasteiger partial charge in [0.2, 0.25) is 17.2 Å². The number of allylic oxidation sites excluding steroid dienone is 5. The molecule has 64 heavy (non-hydrogen) atoms. The number of carbonyl (C=O) groups is 1. The zero-order chi connectivity index (χ0) is 46.2. The molecule has 0 bridgehead atoms. The fraction of sp³-hybridized carbons (Fsp3) is 0.451. The summed E-state index contributed by atoms with van der Waals surface area (Å²) in [5, 5.41) is 34.8. The van der Waals surface area contributed by atoms with Gasteiger partial charge in [0.05, 0.1) is 61.0 Å². The van der Waals surface area contributed by atoms with E-state index in [2.05, 4.69) is 34.6 Å². The van der Waals surface area contributed by atoms with Crippen LogP contribution >= 0.6 is 23.2 Å². The second-order valence-electron chi connectivity index (χ2n) is 16.7. The third-order valence-corrected chi connectivity index (χ3v) is 11.0. The van der Waals surface area contributed by atoms with Gasteiger partial charge in [0, 0.05) is 54.8 Å². The predicted octanol–water partition coefficient (Wildman–Crippen LogP) is 11.8. The molecule has 0 aromatic heterocycles. The van der Waals surface area contributed by atoms with E-state index in [9.17, 15) is 20.1 Å².